The molecule has 0 atom stereocenters. The molecule has 0 heterocycles. The molecule has 0 aromatic heterocycles. The molecule has 0 aromatic rings. The van der Waals surface area contributed by atoms with Crippen LogP contribution in [-0.4, -0.2) is 147 Å². The van der Waals surface area contributed by atoms with Crippen LogP contribution in [-0.2, 0) is 19.2 Å². The van der Waals surface area contributed by atoms with E-state index in [0.29, 0.717) is 0 Å². The highest BCUT2D eigenvalue weighted by Crippen LogP contribution is 2.35. The summed E-state index contributed by atoms with van der Waals surface area (Å²) < 4.78 is -0.258. The molecule has 0 rings (SSSR count). The number of thiocarbonyl (C=S) groups is 4. The fourth-order valence-corrected chi connectivity index (χ4v) is 20.4. The molecule has 0 aromatic carbocycles. The second kappa shape index (κ2) is 72.4. The highest BCUT2D eigenvalue weighted by Gasteiger charge is 2.32. The maximum atomic E-state index is 11.0. The Morgan fingerprint density at radius 1 is 0.247 bits per heavy atom. The lowest BCUT2D eigenvalue weighted by atomic mass is 9.93. The minimum absolute atomic E-state index is 0.406. The quantitative estimate of drug-likeness (QED) is 0.0209. The number of aliphatic hydroxyl groups excluding tert-OH is 4. The highest BCUT2D eigenvalue weighted by molar-refractivity contribution is 8.49. The first kappa shape index (κ1) is 106. The third kappa shape index (κ3) is 73.6. The summed E-state index contributed by atoms with van der Waals surface area (Å²) in [5.74, 6) is 0.823. The van der Waals surface area contributed by atoms with Crippen molar-refractivity contribution < 1.29 is 60.0 Å². The first-order valence-corrected chi connectivity index (χ1v) is 45.5. The number of aliphatic carboxylic acids is 4. The van der Waals surface area contributed by atoms with E-state index in [1.165, 1.54) is 304 Å². The Labute approximate surface area is 648 Å². The van der Waals surface area contributed by atoms with E-state index in [9.17, 15) is 19.2 Å². The maximum absolute atomic E-state index is 11.0. The molecular formula is C73H140O12S12. The average Bonchev–Trinajstić information content (AvgIpc) is 1.30. The van der Waals surface area contributed by atoms with Gasteiger partial charge in [-0.2, -0.15) is 0 Å². The number of carboxylic acid groups (broad SMARTS) is 4. The second-order valence-corrected chi connectivity index (χ2v) is 42.6. The summed E-state index contributed by atoms with van der Waals surface area (Å²) in [6.07, 6.45) is 53.4. The van der Waals surface area contributed by atoms with Crippen molar-refractivity contribution in [2.24, 2.45) is 5.41 Å². The van der Waals surface area contributed by atoms with Crippen molar-refractivity contribution in [3.8, 4) is 0 Å². The molecule has 0 saturated carbocycles. The van der Waals surface area contributed by atoms with Crippen LogP contribution in [0.3, 0.4) is 0 Å². The van der Waals surface area contributed by atoms with Crippen LogP contribution in [0.1, 0.15) is 340 Å². The third-order valence-corrected chi connectivity index (χ3v) is 26.8. The van der Waals surface area contributed by atoms with Gasteiger partial charge < -0.3 is 40.9 Å². The molecule has 0 bridgehead atoms. The Morgan fingerprint density at radius 2 is 0.371 bits per heavy atom. The molecule has 0 unspecified atom stereocenters. The first-order valence-electron chi connectivity index (χ1n) is 36.6. The number of unbranched alkanes of at least 4 members (excludes halogenated alkanes) is 36. The maximum Gasteiger partial charge on any atom is 0.319 e. The monoisotopic (exact) mass is 1590 g/mol. The lowest BCUT2D eigenvalue weighted by Gasteiger charge is -2.23. The van der Waals surface area contributed by atoms with E-state index in [-0.39, 0.29) is 0 Å². The van der Waals surface area contributed by atoms with E-state index < -0.39 is 74.7 Å². The summed E-state index contributed by atoms with van der Waals surface area (Å²) in [4.78, 5) is 44.1. The van der Waals surface area contributed by atoms with Gasteiger partial charge in [-0.25, -0.2) is 0 Å². The Morgan fingerprint density at radius 3 is 0.474 bits per heavy atom. The van der Waals surface area contributed by atoms with Gasteiger partial charge in [0, 0.05) is 0 Å². The van der Waals surface area contributed by atoms with Crippen LogP contribution in [0, 0.1) is 5.41 Å². The number of hydrogen-bond acceptors (Lipinski definition) is 20. The molecule has 24 heteroatoms. The van der Waals surface area contributed by atoms with Gasteiger partial charge >= 0.3 is 23.9 Å². The van der Waals surface area contributed by atoms with E-state index in [4.69, 9.17) is 89.7 Å². The zero-order chi connectivity index (χ0) is 74.7. The summed E-state index contributed by atoms with van der Waals surface area (Å²) in [5, 5.41) is 70.2. The number of rotatable bonds is 56. The molecule has 0 amide bonds. The topological polar surface area (TPSA) is 230 Å². The zero-order valence-electron chi connectivity index (χ0n) is 62.6. The van der Waals surface area contributed by atoms with Gasteiger partial charge in [-0.1, -0.05) is 355 Å². The van der Waals surface area contributed by atoms with Gasteiger partial charge in [-0.3, -0.25) is 19.2 Å². The third-order valence-electron chi connectivity index (χ3n) is 15.6. The van der Waals surface area contributed by atoms with E-state index in [1.54, 1.807) is 102 Å². The molecule has 12 nitrogen and oxygen atoms in total. The summed E-state index contributed by atoms with van der Waals surface area (Å²) in [6.45, 7) is 21.0. The minimum Gasteiger partial charge on any atom is -0.480 e. The molecule has 576 valence electrons. The van der Waals surface area contributed by atoms with Crippen molar-refractivity contribution >= 4 is 181 Å². The van der Waals surface area contributed by atoms with Crippen molar-refractivity contribution in [1.29, 1.82) is 0 Å². The van der Waals surface area contributed by atoms with E-state index in [2.05, 4.69) is 27.7 Å². The highest BCUT2D eigenvalue weighted by atomic mass is 32.2. The summed E-state index contributed by atoms with van der Waals surface area (Å²) in [6, 6.07) is 0. The lowest BCUT2D eigenvalue weighted by molar-refractivity contribution is -0.139. The predicted molar refractivity (Wildman–Crippen MR) is 456 cm³/mol. The first-order chi connectivity index (χ1) is 45.8. The number of carbonyl (C=O) groups is 4. The summed E-state index contributed by atoms with van der Waals surface area (Å²) in [5.41, 5.74) is -1.11. The van der Waals surface area contributed by atoms with Crippen LogP contribution in [0.4, 0.5) is 0 Å². The Hall–Kier alpha value is 0.880. The predicted octanol–water partition coefficient (Wildman–Crippen LogP) is 24.0. The van der Waals surface area contributed by atoms with Crippen molar-refractivity contribution in [1.82, 2.24) is 0 Å². The van der Waals surface area contributed by atoms with Gasteiger partial charge in [0.25, 0.3) is 0 Å². The van der Waals surface area contributed by atoms with Crippen LogP contribution >= 0.6 is 143 Å². The Balaban J connectivity index is -0.000000371. The molecule has 0 fully saturated rings. The largest absolute Gasteiger partial charge is 0.480 e. The Kier molecular flexibility index (Phi) is 79.5. The van der Waals surface area contributed by atoms with Crippen molar-refractivity contribution in [2.75, 3.05) is 49.4 Å². The van der Waals surface area contributed by atoms with Gasteiger partial charge in [0.15, 0.2) is 0 Å². The fourth-order valence-electron chi connectivity index (χ4n) is 8.41. The number of thioether (sulfide) groups is 8. The molecular weight excluding hydrogens is 1450 g/mol. The molecule has 0 spiro atoms. The molecule has 0 aliphatic rings. The molecule has 0 saturated heterocycles. The summed E-state index contributed by atoms with van der Waals surface area (Å²) in [7, 11) is 0. The van der Waals surface area contributed by atoms with Gasteiger partial charge in [-0.15, -0.1) is 47.0 Å². The molecule has 8 N–H and O–H groups in total. The van der Waals surface area contributed by atoms with Gasteiger partial charge in [0.05, 0.1) is 31.8 Å². The SMILES string of the molecule is CCCCCCCCCCCCSC(=S)SC(C)(C)C(=O)O.CCCCCCCCCCCCSC(=S)SC(C)(C)C(=O)O.CCCCCCCCCCCCSC(=S)SC(C)(C)C(=O)O.CCCCCCCCCCCCSC(=S)SC(C)(C)C(=O)O.OCC(CO)(CO)CO. The van der Waals surface area contributed by atoms with Crippen molar-refractivity contribution in [2.45, 2.75) is 359 Å². The smallest absolute Gasteiger partial charge is 0.319 e. The van der Waals surface area contributed by atoms with Crippen LogP contribution in [0.5, 0.6) is 0 Å². The fraction of sp³-hybridized carbons (Fsp3) is 0.890. The van der Waals surface area contributed by atoms with Crippen molar-refractivity contribution in [3.63, 3.8) is 0 Å². The molecule has 0 aliphatic carbocycles. The van der Waals surface area contributed by atoms with E-state index in [0.717, 1.165) is 37.1 Å². The Bertz CT molecular complexity index is 1680. The molecule has 0 aliphatic heterocycles. The van der Waals surface area contributed by atoms with E-state index >= 15 is 0 Å². The summed E-state index contributed by atoms with van der Waals surface area (Å²) >= 11 is 32.7. The number of hydrogen-bond donors (Lipinski definition) is 8. The van der Waals surface area contributed by atoms with Crippen molar-refractivity contribution in [3.05, 3.63) is 0 Å². The minimum atomic E-state index is -1.11. The van der Waals surface area contributed by atoms with Crippen LogP contribution in [0.25, 0.3) is 0 Å². The number of aliphatic hydroxyl groups is 4. The van der Waals surface area contributed by atoms with E-state index in [1.807, 2.05) is 0 Å². The standard InChI is InChI=1S/4C17H32O2S3.C5H12O4/c4*1-4-5-6-7-8-9-10-11-12-13-14-21-16(20)22-17(2,3)15(18)19;6-1-5(2-7,3-8)4-9/h4*4-14H2,1-3H3,(H,18,19);6-9H,1-4H2. The van der Waals surface area contributed by atoms with Gasteiger partial charge in [-0.05, 0) is 104 Å². The van der Waals surface area contributed by atoms with Gasteiger partial charge in [0.2, 0.25) is 0 Å². The number of carboxylic acids is 4. The van der Waals surface area contributed by atoms with Crippen LogP contribution in [0.2, 0.25) is 0 Å². The average molecular weight is 1590 g/mol. The molecule has 0 radical (unpaired) electrons. The van der Waals surface area contributed by atoms with Crippen LogP contribution in [0.15, 0.2) is 0 Å². The van der Waals surface area contributed by atoms with Crippen LogP contribution < -0.4 is 0 Å². The lowest BCUT2D eigenvalue weighted by Crippen LogP contribution is -2.37. The normalized spacial score (nSPS) is 11.6. The van der Waals surface area contributed by atoms with Gasteiger partial charge in [0.1, 0.15) is 33.1 Å². The second-order valence-electron chi connectivity index (χ2n) is 26.9. The zero-order valence-corrected chi connectivity index (χ0v) is 72.3. The molecule has 97 heavy (non-hydrogen) atoms.